The number of hydrogen-bond acceptors (Lipinski definition) is 3. The molecule has 1 aliphatic heterocycles. The molecule has 1 unspecified atom stereocenters. The van der Waals surface area contributed by atoms with Gasteiger partial charge in [0.05, 0.1) is 12.7 Å². The third kappa shape index (κ3) is 4.88. The maximum Gasteiger partial charge on any atom is 0.261 e. The summed E-state index contributed by atoms with van der Waals surface area (Å²) in [6.07, 6.45) is 4.26. The van der Waals surface area contributed by atoms with Gasteiger partial charge in [-0.05, 0) is 33.6 Å². The fourth-order valence-corrected chi connectivity index (χ4v) is 9.76. The van der Waals surface area contributed by atoms with Crippen molar-refractivity contribution in [1.82, 2.24) is 0 Å². The van der Waals surface area contributed by atoms with Crippen molar-refractivity contribution >= 4 is 30.5 Å². The van der Waals surface area contributed by atoms with Gasteiger partial charge in [0.15, 0.2) is 0 Å². The first-order chi connectivity index (χ1) is 15.0. The summed E-state index contributed by atoms with van der Waals surface area (Å²) in [7, 11) is -2.53. The van der Waals surface area contributed by atoms with Gasteiger partial charge in [0, 0.05) is 4.90 Å². The molecule has 2 nitrogen and oxygen atoms in total. The van der Waals surface area contributed by atoms with E-state index in [1.54, 1.807) is 11.8 Å². The summed E-state index contributed by atoms with van der Waals surface area (Å²) in [6.45, 7) is 7.46. The third-order valence-electron chi connectivity index (χ3n) is 5.67. The van der Waals surface area contributed by atoms with Crippen LogP contribution in [0.4, 0.5) is 0 Å². The zero-order chi connectivity index (χ0) is 21.7. The normalized spacial score (nSPS) is 18.9. The first-order valence-electron chi connectivity index (χ1n) is 10.8. The zero-order valence-corrected chi connectivity index (χ0v) is 20.2. The van der Waals surface area contributed by atoms with Crippen LogP contribution in [-0.2, 0) is 9.16 Å². The predicted octanol–water partition coefficient (Wildman–Crippen LogP) is 5.64. The minimum atomic E-state index is -2.53. The van der Waals surface area contributed by atoms with Crippen molar-refractivity contribution < 1.29 is 9.16 Å². The summed E-state index contributed by atoms with van der Waals surface area (Å²) in [5.74, 6) is 0. The van der Waals surface area contributed by atoms with E-state index in [9.17, 15) is 0 Å². The molecular weight excluding hydrogens is 416 g/mol. The van der Waals surface area contributed by atoms with E-state index in [4.69, 9.17) is 9.16 Å². The van der Waals surface area contributed by atoms with E-state index < -0.39 is 8.32 Å². The van der Waals surface area contributed by atoms with Crippen LogP contribution >= 0.6 is 11.8 Å². The van der Waals surface area contributed by atoms with E-state index in [0.717, 1.165) is 0 Å². The molecule has 1 heterocycles. The summed E-state index contributed by atoms with van der Waals surface area (Å²) in [5.41, 5.74) is 0.0233. The Kier molecular flexibility index (Phi) is 6.82. The van der Waals surface area contributed by atoms with Gasteiger partial charge >= 0.3 is 0 Å². The van der Waals surface area contributed by atoms with Gasteiger partial charge in [0.1, 0.15) is 5.44 Å². The van der Waals surface area contributed by atoms with Crippen LogP contribution in [-0.4, -0.2) is 26.5 Å². The second kappa shape index (κ2) is 9.57. The lowest BCUT2D eigenvalue weighted by Crippen LogP contribution is -2.67. The fourth-order valence-electron chi connectivity index (χ4n) is 4.24. The molecule has 31 heavy (non-hydrogen) atoms. The van der Waals surface area contributed by atoms with Crippen LogP contribution in [0, 0.1) is 0 Å². The quantitative estimate of drug-likeness (QED) is 0.346. The molecule has 0 aromatic heterocycles. The summed E-state index contributed by atoms with van der Waals surface area (Å²) in [4.78, 5) is 1.21. The van der Waals surface area contributed by atoms with Gasteiger partial charge in [0.25, 0.3) is 8.32 Å². The highest BCUT2D eigenvalue weighted by Gasteiger charge is 2.50. The number of hydrogen-bond donors (Lipinski definition) is 0. The topological polar surface area (TPSA) is 18.5 Å². The molecular formula is C27H30O2SSi. The Morgan fingerprint density at radius 2 is 1.29 bits per heavy atom. The highest BCUT2D eigenvalue weighted by molar-refractivity contribution is 8.00. The SMILES string of the molecule is CC(C)(C)[Si](OC[C@@H]1C=CC(Sc2ccccc2)O1)(c1ccccc1)c1ccccc1. The minimum Gasteiger partial charge on any atom is -0.404 e. The van der Waals surface area contributed by atoms with Gasteiger partial charge in [-0.2, -0.15) is 0 Å². The van der Waals surface area contributed by atoms with Gasteiger partial charge in [-0.1, -0.05) is 117 Å². The van der Waals surface area contributed by atoms with Gasteiger partial charge in [-0.15, -0.1) is 0 Å². The molecule has 3 aromatic rings. The van der Waals surface area contributed by atoms with Crippen molar-refractivity contribution in [2.45, 2.75) is 42.2 Å². The van der Waals surface area contributed by atoms with Crippen LogP contribution in [0.25, 0.3) is 0 Å². The van der Waals surface area contributed by atoms with Crippen molar-refractivity contribution in [3.05, 3.63) is 103 Å². The Morgan fingerprint density at radius 3 is 1.81 bits per heavy atom. The van der Waals surface area contributed by atoms with Crippen molar-refractivity contribution in [3.8, 4) is 0 Å². The van der Waals surface area contributed by atoms with Gasteiger partial charge in [0.2, 0.25) is 0 Å². The Morgan fingerprint density at radius 1 is 0.774 bits per heavy atom. The Labute approximate surface area is 191 Å². The number of thioether (sulfide) groups is 1. The minimum absolute atomic E-state index is 0.0233. The standard InChI is InChI=1S/C27H30O2SSi/c1-27(2,3)31(24-15-9-5-10-16-24,25-17-11-6-12-18-25)28-21-22-19-20-26(29-22)30-23-13-7-4-8-14-23/h4-20,22,26H,21H2,1-3H3/t22-,26?/m0/s1. The largest absolute Gasteiger partial charge is 0.404 e. The lowest BCUT2D eigenvalue weighted by atomic mass is 10.2. The van der Waals surface area contributed by atoms with Crippen molar-refractivity contribution in [3.63, 3.8) is 0 Å². The average molecular weight is 447 g/mol. The Hall–Kier alpha value is -2.11. The summed E-state index contributed by atoms with van der Waals surface area (Å²) in [6, 6.07) is 31.9. The van der Waals surface area contributed by atoms with Crippen molar-refractivity contribution in [1.29, 1.82) is 0 Å². The highest BCUT2D eigenvalue weighted by atomic mass is 32.2. The van der Waals surface area contributed by atoms with Crippen LogP contribution in [0.1, 0.15) is 20.8 Å². The first-order valence-corrected chi connectivity index (χ1v) is 13.6. The lowest BCUT2D eigenvalue weighted by Gasteiger charge is -2.43. The van der Waals surface area contributed by atoms with E-state index in [0.29, 0.717) is 6.61 Å². The summed E-state index contributed by atoms with van der Waals surface area (Å²) < 4.78 is 13.3. The molecule has 0 amide bonds. The molecule has 1 aliphatic rings. The fraction of sp³-hybridized carbons (Fsp3) is 0.259. The molecule has 4 rings (SSSR count). The lowest BCUT2D eigenvalue weighted by molar-refractivity contribution is 0.0662. The van der Waals surface area contributed by atoms with E-state index in [1.165, 1.54) is 15.3 Å². The second-order valence-electron chi connectivity index (χ2n) is 8.83. The molecule has 0 radical (unpaired) electrons. The summed E-state index contributed by atoms with van der Waals surface area (Å²) in [5, 5.41) is 2.56. The molecule has 0 saturated carbocycles. The van der Waals surface area contributed by atoms with E-state index in [-0.39, 0.29) is 16.6 Å². The Balaban J connectivity index is 1.56. The zero-order valence-electron chi connectivity index (χ0n) is 18.4. The van der Waals surface area contributed by atoms with Gasteiger partial charge in [-0.3, -0.25) is 0 Å². The molecule has 0 fully saturated rings. The molecule has 0 aliphatic carbocycles. The van der Waals surface area contributed by atoms with Crippen molar-refractivity contribution in [2.24, 2.45) is 0 Å². The van der Waals surface area contributed by atoms with E-state index >= 15 is 0 Å². The smallest absolute Gasteiger partial charge is 0.261 e. The second-order valence-corrected chi connectivity index (χ2v) is 14.3. The van der Waals surface area contributed by atoms with Crippen LogP contribution < -0.4 is 10.4 Å². The molecule has 160 valence electrons. The Bertz CT molecular complexity index is 945. The van der Waals surface area contributed by atoms with Gasteiger partial charge < -0.3 is 9.16 Å². The van der Waals surface area contributed by atoms with Crippen LogP contribution in [0.15, 0.2) is 108 Å². The predicted molar refractivity (Wildman–Crippen MR) is 134 cm³/mol. The molecule has 3 aromatic carbocycles. The van der Waals surface area contributed by atoms with Crippen molar-refractivity contribution in [2.75, 3.05) is 6.61 Å². The monoisotopic (exact) mass is 446 g/mol. The van der Waals surface area contributed by atoms with Crippen LogP contribution in [0.2, 0.25) is 5.04 Å². The van der Waals surface area contributed by atoms with E-state index in [2.05, 4.69) is 118 Å². The number of rotatable bonds is 7. The van der Waals surface area contributed by atoms with Crippen LogP contribution in [0.5, 0.6) is 0 Å². The maximum atomic E-state index is 7.00. The number of ether oxygens (including phenoxy) is 1. The molecule has 2 atom stereocenters. The third-order valence-corrected chi connectivity index (χ3v) is 11.7. The average Bonchev–Trinajstić information content (AvgIpc) is 3.23. The molecule has 4 heteroatoms. The summed E-state index contributed by atoms with van der Waals surface area (Å²) >= 11 is 1.73. The maximum absolute atomic E-state index is 7.00. The highest BCUT2D eigenvalue weighted by Crippen LogP contribution is 2.37. The molecule has 0 N–H and O–H groups in total. The first kappa shape index (κ1) is 22.1. The molecule has 0 spiro atoms. The molecule has 0 bridgehead atoms. The van der Waals surface area contributed by atoms with Crippen LogP contribution in [0.3, 0.4) is 0 Å². The van der Waals surface area contributed by atoms with Gasteiger partial charge in [-0.25, -0.2) is 0 Å². The molecule has 0 saturated heterocycles. The number of benzene rings is 3. The van der Waals surface area contributed by atoms with E-state index in [1.807, 2.05) is 6.07 Å².